The van der Waals surface area contributed by atoms with E-state index in [1.54, 1.807) is 24.8 Å². The van der Waals surface area contributed by atoms with Gasteiger partial charge < -0.3 is 10.8 Å². The topological polar surface area (TPSA) is 46.2 Å². The smallest absolute Gasteiger partial charge is 0.0646 e. The van der Waals surface area contributed by atoms with E-state index >= 15 is 0 Å². The van der Waals surface area contributed by atoms with Crippen LogP contribution in [0, 0.1) is 0 Å². The molecule has 0 aliphatic heterocycles. The van der Waals surface area contributed by atoms with Crippen molar-refractivity contribution in [2.45, 2.75) is 17.9 Å². The molecule has 0 saturated carbocycles. The summed E-state index contributed by atoms with van der Waals surface area (Å²) in [6.07, 6.45) is -0.304. The zero-order valence-electron chi connectivity index (χ0n) is 7.33. The molecule has 1 unspecified atom stereocenters. The lowest BCUT2D eigenvalue weighted by atomic mass is 10.3. The van der Waals surface area contributed by atoms with Crippen molar-refractivity contribution < 1.29 is 5.11 Å². The predicted octanol–water partition coefficient (Wildman–Crippen LogP) is 2.40. The summed E-state index contributed by atoms with van der Waals surface area (Å²) in [7, 11) is 0. The molecule has 3 N–H and O–H groups in total. The monoisotopic (exact) mass is 217 g/mol. The number of aliphatic hydroxyl groups excluding tert-OH is 1. The van der Waals surface area contributed by atoms with Crippen molar-refractivity contribution in [1.29, 1.82) is 0 Å². The van der Waals surface area contributed by atoms with Crippen LogP contribution in [0.2, 0.25) is 5.02 Å². The molecule has 2 nitrogen and oxygen atoms in total. The lowest BCUT2D eigenvalue weighted by Crippen LogP contribution is -2.02. The van der Waals surface area contributed by atoms with Gasteiger partial charge in [0.2, 0.25) is 0 Å². The highest BCUT2D eigenvalue weighted by atomic mass is 35.5. The molecule has 0 radical (unpaired) electrons. The first-order valence-electron chi connectivity index (χ1n) is 3.95. The van der Waals surface area contributed by atoms with Crippen molar-refractivity contribution in [3.05, 3.63) is 23.2 Å². The van der Waals surface area contributed by atoms with Crippen LogP contribution in [0.5, 0.6) is 0 Å². The first-order valence-corrected chi connectivity index (χ1v) is 5.32. The van der Waals surface area contributed by atoms with Gasteiger partial charge in [0.05, 0.1) is 16.8 Å². The van der Waals surface area contributed by atoms with Gasteiger partial charge in [-0.15, -0.1) is 11.8 Å². The van der Waals surface area contributed by atoms with Gasteiger partial charge >= 0.3 is 0 Å². The molecule has 0 fully saturated rings. The summed E-state index contributed by atoms with van der Waals surface area (Å²) in [5, 5.41) is 9.62. The highest BCUT2D eigenvalue weighted by Gasteiger charge is 2.01. The zero-order chi connectivity index (χ0) is 9.84. The van der Waals surface area contributed by atoms with Crippen LogP contribution in [0.4, 0.5) is 5.69 Å². The Morgan fingerprint density at radius 3 is 2.85 bits per heavy atom. The van der Waals surface area contributed by atoms with E-state index in [1.165, 1.54) is 0 Å². The van der Waals surface area contributed by atoms with Crippen molar-refractivity contribution in [1.82, 2.24) is 0 Å². The second-order valence-electron chi connectivity index (χ2n) is 2.84. The summed E-state index contributed by atoms with van der Waals surface area (Å²) in [5.41, 5.74) is 6.14. The Morgan fingerprint density at radius 2 is 2.31 bits per heavy atom. The number of nitrogens with two attached hydrogens (primary N) is 1. The molecule has 0 amide bonds. The third-order valence-corrected chi connectivity index (χ3v) is 3.03. The summed E-state index contributed by atoms with van der Waals surface area (Å²) in [6.45, 7) is 1.76. The fraction of sp³-hybridized carbons (Fsp3) is 0.333. The van der Waals surface area contributed by atoms with Crippen molar-refractivity contribution >= 4 is 29.1 Å². The third-order valence-electron chi connectivity index (χ3n) is 1.46. The molecule has 0 aliphatic rings. The number of anilines is 1. The fourth-order valence-corrected chi connectivity index (χ4v) is 1.86. The molecule has 0 bridgehead atoms. The second kappa shape index (κ2) is 4.74. The SMILES string of the molecule is CC(O)CSc1ccc(N)c(Cl)c1. The van der Waals surface area contributed by atoms with Crippen LogP contribution in [0.25, 0.3) is 0 Å². The van der Waals surface area contributed by atoms with E-state index in [4.69, 9.17) is 22.4 Å². The maximum absolute atomic E-state index is 9.06. The summed E-state index contributed by atoms with van der Waals surface area (Å²) in [6, 6.07) is 5.48. The quantitative estimate of drug-likeness (QED) is 0.604. The molecule has 13 heavy (non-hydrogen) atoms. The molecule has 0 saturated heterocycles. The van der Waals surface area contributed by atoms with Gasteiger partial charge in [-0.3, -0.25) is 0 Å². The fourth-order valence-electron chi connectivity index (χ4n) is 0.814. The van der Waals surface area contributed by atoms with Gasteiger partial charge in [-0.1, -0.05) is 11.6 Å². The maximum atomic E-state index is 9.06. The van der Waals surface area contributed by atoms with Gasteiger partial charge in [0.1, 0.15) is 0 Å². The number of aliphatic hydroxyl groups is 1. The van der Waals surface area contributed by atoms with Crippen LogP contribution < -0.4 is 5.73 Å². The average Bonchev–Trinajstić information content (AvgIpc) is 2.07. The number of hydrogen-bond acceptors (Lipinski definition) is 3. The van der Waals surface area contributed by atoms with Crippen molar-refractivity contribution in [3.63, 3.8) is 0 Å². The molecular formula is C9H12ClNOS. The third kappa shape index (κ3) is 3.46. The van der Waals surface area contributed by atoms with Crippen LogP contribution >= 0.6 is 23.4 Å². The molecule has 1 aromatic carbocycles. The van der Waals surface area contributed by atoms with Crippen LogP contribution in [0.1, 0.15) is 6.92 Å². The number of thioether (sulfide) groups is 1. The van der Waals surface area contributed by atoms with Crippen LogP contribution in [0.15, 0.2) is 23.1 Å². The molecule has 1 rings (SSSR count). The van der Waals surface area contributed by atoms with E-state index in [9.17, 15) is 0 Å². The van der Waals surface area contributed by atoms with E-state index in [0.29, 0.717) is 16.5 Å². The van der Waals surface area contributed by atoms with E-state index in [2.05, 4.69) is 0 Å². The Labute approximate surface area is 87.1 Å². The van der Waals surface area contributed by atoms with Gasteiger partial charge in [0.25, 0.3) is 0 Å². The normalized spacial score (nSPS) is 12.8. The Balaban J connectivity index is 2.63. The van der Waals surface area contributed by atoms with Crippen molar-refractivity contribution in [3.8, 4) is 0 Å². The highest BCUT2D eigenvalue weighted by molar-refractivity contribution is 7.99. The number of hydrogen-bond donors (Lipinski definition) is 2. The number of nitrogen functional groups attached to an aromatic ring is 1. The molecule has 1 atom stereocenters. The van der Waals surface area contributed by atoms with Crippen molar-refractivity contribution in [2.75, 3.05) is 11.5 Å². The lowest BCUT2D eigenvalue weighted by molar-refractivity contribution is 0.220. The molecule has 4 heteroatoms. The highest BCUT2D eigenvalue weighted by Crippen LogP contribution is 2.26. The molecule has 1 aromatic rings. The van der Waals surface area contributed by atoms with E-state index in [-0.39, 0.29) is 6.10 Å². The standard InChI is InChI=1S/C9H12ClNOS/c1-6(12)5-13-7-2-3-9(11)8(10)4-7/h2-4,6,12H,5,11H2,1H3. The number of benzene rings is 1. The zero-order valence-corrected chi connectivity index (χ0v) is 8.90. The van der Waals surface area contributed by atoms with Gasteiger partial charge in [-0.2, -0.15) is 0 Å². The van der Waals surface area contributed by atoms with Crippen LogP contribution in [-0.4, -0.2) is 17.0 Å². The van der Waals surface area contributed by atoms with Crippen LogP contribution in [0.3, 0.4) is 0 Å². The molecule has 0 spiro atoms. The summed E-state index contributed by atoms with van der Waals surface area (Å²) >= 11 is 7.39. The number of rotatable bonds is 3. The first kappa shape index (κ1) is 10.7. The van der Waals surface area contributed by atoms with Crippen LogP contribution in [-0.2, 0) is 0 Å². The second-order valence-corrected chi connectivity index (χ2v) is 4.34. The minimum Gasteiger partial charge on any atom is -0.398 e. The number of halogens is 1. The predicted molar refractivity (Wildman–Crippen MR) is 58.3 cm³/mol. The lowest BCUT2D eigenvalue weighted by Gasteiger charge is -2.05. The van der Waals surface area contributed by atoms with Gasteiger partial charge in [0, 0.05) is 10.6 Å². The summed E-state index contributed by atoms with van der Waals surface area (Å²) in [4.78, 5) is 1.03. The molecule has 0 heterocycles. The average molecular weight is 218 g/mol. The molecule has 72 valence electrons. The Bertz CT molecular complexity index is 291. The molecule has 0 aromatic heterocycles. The Hall–Kier alpha value is -0.380. The maximum Gasteiger partial charge on any atom is 0.0646 e. The largest absolute Gasteiger partial charge is 0.398 e. The summed E-state index contributed by atoms with van der Waals surface area (Å²) in [5.74, 6) is 0.667. The first-order chi connectivity index (χ1) is 6.09. The molecular weight excluding hydrogens is 206 g/mol. The Morgan fingerprint density at radius 1 is 1.62 bits per heavy atom. The minimum atomic E-state index is -0.304. The van der Waals surface area contributed by atoms with E-state index in [0.717, 1.165) is 4.90 Å². The van der Waals surface area contributed by atoms with Gasteiger partial charge in [-0.05, 0) is 25.1 Å². The molecule has 0 aliphatic carbocycles. The summed E-state index contributed by atoms with van der Waals surface area (Å²) < 4.78 is 0. The van der Waals surface area contributed by atoms with Gasteiger partial charge in [-0.25, -0.2) is 0 Å². The Kier molecular flexibility index (Phi) is 3.90. The van der Waals surface area contributed by atoms with E-state index in [1.807, 2.05) is 12.1 Å². The van der Waals surface area contributed by atoms with Gasteiger partial charge in [0.15, 0.2) is 0 Å². The van der Waals surface area contributed by atoms with Crippen molar-refractivity contribution in [2.24, 2.45) is 0 Å². The van der Waals surface area contributed by atoms with E-state index < -0.39 is 0 Å². The minimum absolute atomic E-state index is 0.304.